The van der Waals surface area contributed by atoms with Gasteiger partial charge in [-0.05, 0) is 55.2 Å². The summed E-state index contributed by atoms with van der Waals surface area (Å²) < 4.78 is 33.9. The summed E-state index contributed by atoms with van der Waals surface area (Å²) in [5.74, 6) is -0.202. The number of halogens is 1. The number of hydrogen-bond acceptors (Lipinski definition) is 9. The lowest BCUT2D eigenvalue weighted by atomic mass is 9.95. The minimum absolute atomic E-state index is 0.0884. The van der Waals surface area contributed by atoms with Crippen molar-refractivity contribution in [2.75, 3.05) is 22.6 Å². The van der Waals surface area contributed by atoms with Crippen LogP contribution in [-0.2, 0) is 25.0 Å². The van der Waals surface area contributed by atoms with Crippen LogP contribution in [0.1, 0.15) is 25.3 Å². The van der Waals surface area contributed by atoms with E-state index in [9.17, 15) is 14.1 Å². The molecule has 4 aromatic rings. The third kappa shape index (κ3) is 5.80. The molecule has 206 valence electrons. The van der Waals surface area contributed by atoms with E-state index in [4.69, 9.17) is 4.78 Å². The van der Waals surface area contributed by atoms with Crippen LogP contribution in [0, 0.1) is 10.6 Å². The Labute approximate surface area is 232 Å². The molecule has 1 unspecified atom stereocenters. The number of nitrogens with one attached hydrogen (secondary N) is 4. The van der Waals surface area contributed by atoms with Gasteiger partial charge >= 0.3 is 0 Å². The summed E-state index contributed by atoms with van der Waals surface area (Å²) in [7, 11) is -1.83. The number of aliphatic hydroxyl groups excluding tert-OH is 1. The summed E-state index contributed by atoms with van der Waals surface area (Å²) in [5, 5.41) is 18.5. The highest BCUT2D eigenvalue weighted by atomic mass is 32.2. The number of carbonyl (C=O) groups excluding carboxylic acids is 1. The largest absolute Gasteiger partial charge is 0.440 e. The highest BCUT2D eigenvalue weighted by molar-refractivity contribution is 7.73. The molecule has 1 heterocycles. The molecule has 1 aliphatic rings. The summed E-state index contributed by atoms with van der Waals surface area (Å²) in [4.78, 5) is 22.4. The fourth-order valence-corrected chi connectivity index (χ4v) is 4.77. The number of carbonyl (C=O) groups is 1. The molecule has 1 aromatic heterocycles. The number of benzene rings is 3. The Bertz CT molecular complexity index is 1600. The molecule has 1 saturated carbocycles. The van der Waals surface area contributed by atoms with Gasteiger partial charge in [0.05, 0.1) is 17.7 Å². The Morgan fingerprint density at radius 3 is 2.48 bits per heavy atom. The average molecular weight is 560 g/mol. The Kier molecular flexibility index (Phi) is 7.76. The summed E-state index contributed by atoms with van der Waals surface area (Å²) in [6, 6.07) is 20.2. The predicted octanol–water partition coefficient (Wildman–Crippen LogP) is 5.57. The van der Waals surface area contributed by atoms with Crippen LogP contribution in [0.4, 0.5) is 27.5 Å². The van der Waals surface area contributed by atoms with Crippen LogP contribution in [0.25, 0.3) is 11.1 Å². The fourth-order valence-electron chi connectivity index (χ4n) is 4.39. The van der Waals surface area contributed by atoms with Crippen LogP contribution in [-0.4, -0.2) is 33.6 Å². The van der Waals surface area contributed by atoms with Crippen LogP contribution in [0.2, 0.25) is 0 Å². The van der Waals surface area contributed by atoms with Crippen molar-refractivity contribution in [3.8, 4) is 11.1 Å². The highest BCUT2D eigenvalue weighted by Gasteiger charge is 2.51. The van der Waals surface area contributed by atoms with Gasteiger partial charge in [-0.3, -0.25) is 4.79 Å². The number of aromatic nitrogens is 2. The Balaban J connectivity index is 1.39. The molecule has 0 bridgehead atoms. The zero-order valence-electron chi connectivity index (χ0n) is 21.6. The maximum atomic E-state index is 15.3. The number of nitrogens with zero attached hydrogens (tertiary/aromatic N) is 2. The van der Waals surface area contributed by atoms with Crippen molar-refractivity contribution in [3.63, 3.8) is 0 Å². The van der Waals surface area contributed by atoms with Crippen LogP contribution in [0.3, 0.4) is 0 Å². The Morgan fingerprint density at radius 1 is 1.12 bits per heavy atom. The highest BCUT2D eigenvalue weighted by Crippen LogP contribution is 2.49. The zero-order valence-corrected chi connectivity index (χ0v) is 22.5. The summed E-state index contributed by atoms with van der Waals surface area (Å²) >= 11 is 0. The number of amides is 1. The molecule has 1 fully saturated rings. The molecule has 3 aromatic carbocycles. The lowest BCUT2D eigenvalue weighted by molar-refractivity contribution is -0.118. The van der Waals surface area contributed by atoms with Gasteiger partial charge in [0.1, 0.15) is 11.6 Å². The Hall–Kier alpha value is -4.35. The van der Waals surface area contributed by atoms with Gasteiger partial charge in [0.15, 0.2) is 0 Å². The second-order valence-electron chi connectivity index (χ2n) is 9.70. The predicted molar refractivity (Wildman–Crippen MR) is 152 cm³/mol. The van der Waals surface area contributed by atoms with Gasteiger partial charge in [-0.15, -0.1) is 0 Å². The molecule has 1 amide bonds. The van der Waals surface area contributed by atoms with Gasteiger partial charge in [-0.1, -0.05) is 53.4 Å². The van der Waals surface area contributed by atoms with Gasteiger partial charge in [0, 0.05) is 23.5 Å². The number of rotatable bonds is 10. The molecule has 5 N–H and O–H groups in total. The van der Waals surface area contributed by atoms with E-state index < -0.39 is 21.8 Å². The second kappa shape index (κ2) is 11.4. The first kappa shape index (κ1) is 27.2. The van der Waals surface area contributed by atoms with Crippen LogP contribution in [0.5, 0.6) is 0 Å². The van der Waals surface area contributed by atoms with Gasteiger partial charge < -0.3 is 30.0 Å². The summed E-state index contributed by atoms with van der Waals surface area (Å²) in [6.45, 7) is 1.62. The van der Waals surface area contributed by atoms with Crippen molar-refractivity contribution in [1.82, 2.24) is 9.97 Å². The van der Waals surface area contributed by atoms with Crippen LogP contribution < -0.4 is 16.0 Å². The lowest BCUT2D eigenvalue weighted by Crippen LogP contribution is -2.28. The molecule has 0 saturated heterocycles. The lowest BCUT2D eigenvalue weighted by Gasteiger charge is -2.18. The third-order valence-corrected chi connectivity index (χ3v) is 7.51. The van der Waals surface area contributed by atoms with Crippen molar-refractivity contribution in [3.05, 3.63) is 90.4 Å². The maximum absolute atomic E-state index is 15.3. The molecule has 0 spiro atoms. The molecule has 0 radical (unpaired) electrons. The SMILES string of the molecule is CC(CO)Nc1nc(Nc2ccc([S-](=N)=O)cc2)ncc1-c1ccc(NC(=O)C2(c3ccccc3)CC2)c(F)c1. The van der Waals surface area contributed by atoms with E-state index in [1.807, 2.05) is 30.3 Å². The summed E-state index contributed by atoms with van der Waals surface area (Å²) in [6.07, 6.45) is 2.97. The first-order chi connectivity index (χ1) is 19.3. The maximum Gasteiger partial charge on any atom is 0.235 e. The van der Waals surface area contributed by atoms with E-state index in [2.05, 4.69) is 25.9 Å². The van der Waals surface area contributed by atoms with Gasteiger partial charge in [-0.25, -0.2) is 9.37 Å². The molecule has 11 heteroatoms. The molecular formula is C29H28FN6O3S-. The topological polar surface area (TPSA) is 140 Å². The molecule has 1 atom stereocenters. The van der Waals surface area contributed by atoms with E-state index in [1.165, 1.54) is 18.3 Å². The van der Waals surface area contributed by atoms with E-state index in [1.54, 1.807) is 37.3 Å². The normalized spacial score (nSPS) is 14.4. The van der Waals surface area contributed by atoms with E-state index >= 15 is 4.39 Å². The van der Waals surface area contributed by atoms with E-state index in [0.29, 0.717) is 40.4 Å². The standard InChI is InChI=1S/C29H28FN6O3S/c1-18(17-37)33-26-23(16-32-28(36-26)34-21-8-10-22(11-9-21)40(31)39)19-7-12-25(24(30)15-19)35-27(38)29(13-14-29)20-5-3-2-4-6-20/h2-12,15-16,18,31,37H,13-14,17H2,1H3,(H,35,38)(H2,32,33,34,36)/q-1. The zero-order chi connectivity index (χ0) is 28.3. The first-order valence-electron chi connectivity index (χ1n) is 12.7. The average Bonchev–Trinajstić information content (AvgIpc) is 3.77. The van der Waals surface area contributed by atoms with E-state index in [0.717, 1.165) is 5.56 Å². The second-order valence-corrected chi connectivity index (χ2v) is 10.7. The summed E-state index contributed by atoms with van der Waals surface area (Å²) in [5.41, 5.74) is 2.00. The van der Waals surface area contributed by atoms with Crippen molar-refractivity contribution in [2.45, 2.75) is 36.1 Å². The number of hydrogen-bond donors (Lipinski definition) is 5. The molecule has 40 heavy (non-hydrogen) atoms. The molecule has 0 aliphatic heterocycles. The van der Waals surface area contributed by atoms with Crippen LogP contribution in [0.15, 0.2) is 83.9 Å². The van der Waals surface area contributed by atoms with Crippen molar-refractivity contribution < 1.29 is 18.5 Å². The molecule has 1 aliphatic carbocycles. The first-order valence-corrected chi connectivity index (χ1v) is 13.9. The van der Waals surface area contributed by atoms with Crippen molar-refractivity contribution >= 4 is 39.6 Å². The quantitative estimate of drug-likeness (QED) is 0.160. The Morgan fingerprint density at radius 2 is 1.85 bits per heavy atom. The van der Waals surface area contributed by atoms with Gasteiger partial charge in [0.2, 0.25) is 11.9 Å². The molecule has 9 nitrogen and oxygen atoms in total. The number of aliphatic hydroxyl groups is 1. The number of anilines is 4. The van der Waals surface area contributed by atoms with Gasteiger partial charge in [-0.2, -0.15) is 15.6 Å². The third-order valence-electron chi connectivity index (χ3n) is 6.81. The van der Waals surface area contributed by atoms with Crippen molar-refractivity contribution in [2.24, 2.45) is 0 Å². The van der Waals surface area contributed by atoms with Crippen LogP contribution >= 0.6 is 0 Å². The monoisotopic (exact) mass is 559 g/mol. The molecule has 5 rings (SSSR count). The fraction of sp³-hybridized carbons (Fsp3) is 0.207. The molecular weight excluding hydrogens is 531 g/mol. The minimum Gasteiger partial charge on any atom is -0.440 e. The minimum atomic E-state index is -1.83. The van der Waals surface area contributed by atoms with Gasteiger partial charge in [0.25, 0.3) is 0 Å². The van der Waals surface area contributed by atoms with Crippen molar-refractivity contribution in [1.29, 1.82) is 4.78 Å². The van der Waals surface area contributed by atoms with E-state index in [-0.39, 0.29) is 30.2 Å². The smallest absolute Gasteiger partial charge is 0.235 e.